The zero-order chi connectivity index (χ0) is 32.1. The lowest BCUT2D eigenvalue weighted by molar-refractivity contribution is -0.00471. The molecular weight excluding hydrogens is 579 g/mol. The number of benzene rings is 1. The summed E-state index contributed by atoms with van der Waals surface area (Å²) in [4.78, 5) is 2.71. The highest BCUT2D eigenvalue weighted by Gasteiger charge is 2.63. The number of likely N-dealkylation sites (N-methyl/N-ethyl adjacent to an activating group) is 1. The van der Waals surface area contributed by atoms with E-state index >= 15 is 0 Å². The molecule has 1 aromatic rings. The summed E-state index contributed by atoms with van der Waals surface area (Å²) in [6.45, 7) is 20.5. The van der Waals surface area contributed by atoms with Gasteiger partial charge < -0.3 is 9.64 Å². The predicted octanol–water partition coefficient (Wildman–Crippen LogP) is 11.3. The van der Waals surface area contributed by atoms with Crippen LogP contribution in [-0.2, 0) is 4.74 Å². The fraction of sp³-hybridized carbons (Fsp3) is 0.659. The average Bonchev–Trinajstić information content (AvgIpc) is 3.60. The van der Waals surface area contributed by atoms with Gasteiger partial charge in [0.1, 0.15) is 0 Å². The van der Waals surface area contributed by atoms with E-state index in [1.807, 2.05) is 5.57 Å². The number of anilines is 1. The molecule has 1 aromatic carbocycles. The smallest absolute Gasteiger partial charge is 0.0621 e. The normalized spacial score (nSPS) is 33.1. The first-order valence-corrected chi connectivity index (χ1v) is 25.0. The standard InChI is InChI=1S/C41H63NOSi2/c1-29-22-23-36-35(26-29)38-39(42(36)5)33-20-14-15-21-34(33)40(38)45(9,25-17-11-10-16-24-43-41(2,3)4)37-27-30(28-44(6,7)8)31-18-12-13-19-32(31)37/h12,14-15,18-23,26,30-31,33-34,37-40H,10-11,13,16-17,24-25,27-28H2,1-9H3. The second kappa shape index (κ2) is 12.8. The molecule has 0 aromatic heterocycles. The van der Waals surface area contributed by atoms with Gasteiger partial charge in [-0.05, 0) is 81.5 Å². The number of rotatable bonds is 11. The molecule has 0 saturated heterocycles. The topological polar surface area (TPSA) is 12.5 Å². The van der Waals surface area contributed by atoms with Crippen LogP contribution in [0.25, 0.3) is 0 Å². The molecule has 1 aliphatic heterocycles. The molecule has 9 unspecified atom stereocenters. The van der Waals surface area contributed by atoms with Gasteiger partial charge >= 0.3 is 0 Å². The number of hydrogen-bond acceptors (Lipinski definition) is 2. The first-order valence-electron chi connectivity index (χ1n) is 18.5. The Morgan fingerprint density at radius 1 is 0.933 bits per heavy atom. The third kappa shape index (κ3) is 6.59. The third-order valence-corrected chi connectivity index (χ3v) is 20.0. The molecule has 2 nitrogen and oxygen atoms in total. The van der Waals surface area contributed by atoms with Crippen LogP contribution in [-0.4, -0.2) is 41.4 Å². The molecule has 45 heavy (non-hydrogen) atoms. The monoisotopic (exact) mass is 641 g/mol. The number of nitrogens with zero attached hydrogens (tertiary/aromatic N) is 1. The van der Waals surface area contributed by atoms with Gasteiger partial charge in [-0.1, -0.05) is 123 Å². The van der Waals surface area contributed by atoms with E-state index in [0.717, 1.165) is 30.0 Å². The molecule has 6 rings (SSSR count). The predicted molar refractivity (Wildman–Crippen MR) is 201 cm³/mol. The molecule has 0 radical (unpaired) electrons. The van der Waals surface area contributed by atoms with Crippen molar-refractivity contribution in [2.45, 2.75) is 133 Å². The zero-order valence-electron chi connectivity index (χ0n) is 30.1. The van der Waals surface area contributed by atoms with Crippen LogP contribution in [0.5, 0.6) is 0 Å². The van der Waals surface area contributed by atoms with Crippen molar-refractivity contribution in [3.63, 3.8) is 0 Å². The summed E-state index contributed by atoms with van der Waals surface area (Å²) in [5.74, 6) is 3.50. The first-order chi connectivity index (χ1) is 21.3. The van der Waals surface area contributed by atoms with E-state index in [-0.39, 0.29) is 5.60 Å². The second-order valence-electron chi connectivity index (χ2n) is 18.0. The van der Waals surface area contributed by atoms with Crippen molar-refractivity contribution >= 4 is 21.8 Å². The lowest BCUT2D eigenvalue weighted by atomic mass is 9.89. The minimum Gasteiger partial charge on any atom is -0.376 e. The van der Waals surface area contributed by atoms with Gasteiger partial charge in [-0.2, -0.15) is 0 Å². The van der Waals surface area contributed by atoms with Gasteiger partial charge in [0.2, 0.25) is 0 Å². The van der Waals surface area contributed by atoms with Crippen LogP contribution in [0, 0.1) is 30.6 Å². The summed E-state index contributed by atoms with van der Waals surface area (Å²) in [6, 6.07) is 10.9. The number of fused-ring (bicyclic) bond motifs is 6. The van der Waals surface area contributed by atoms with Crippen LogP contribution in [0.1, 0.15) is 76.3 Å². The number of ether oxygens (including phenoxy) is 1. The Labute approximate surface area is 278 Å². The minimum atomic E-state index is -1.85. The maximum atomic E-state index is 6.09. The first kappa shape index (κ1) is 33.3. The molecule has 1 heterocycles. The molecule has 2 saturated carbocycles. The van der Waals surface area contributed by atoms with Crippen molar-refractivity contribution in [3.05, 3.63) is 77.4 Å². The van der Waals surface area contributed by atoms with Crippen LogP contribution in [0.3, 0.4) is 0 Å². The average molecular weight is 642 g/mol. The highest BCUT2D eigenvalue weighted by molar-refractivity contribution is 6.82. The summed E-state index contributed by atoms with van der Waals surface area (Å²) < 4.78 is 6.09. The van der Waals surface area contributed by atoms with Crippen molar-refractivity contribution in [3.8, 4) is 0 Å². The molecule has 0 N–H and O–H groups in total. The maximum absolute atomic E-state index is 6.09. The van der Waals surface area contributed by atoms with E-state index in [1.165, 1.54) is 55.4 Å². The molecule has 0 bridgehead atoms. The molecular formula is C41H63NOSi2. The van der Waals surface area contributed by atoms with Crippen molar-refractivity contribution in [1.29, 1.82) is 0 Å². The quantitative estimate of drug-likeness (QED) is 0.135. The Bertz CT molecular complexity index is 1340. The number of hydrogen-bond donors (Lipinski definition) is 0. The van der Waals surface area contributed by atoms with Crippen LogP contribution >= 0.6 is 0 Å². The maximum Gasteiger partial charge on any atom is 0.0621 e. The largest absolute Gasteiger partial charge is 0.376 e. The molecule has 4 aliphatic carbocycles. The number of aryl methyl sites for hydroxylation is 1. The highest BCUT2D eigenvalue weighted by atomic mass is 28.3. The van der Waals surface area contributed by atoms with E-state index in [0.29, 0.717) is 29.7 Å². The third-order valence-electron chi connectivity index (χ3n) is 12.4. The lowest BCUT2D eigenvalue weighted by Crippen LogP contribution is -2.45. The van der Waals surface area contributed by atoms with Crippen LogP contribution < -0.4 is 4.90 Å². The van der Waals surface area contributed by atoms with E-state index < -0.39 is 16.1 Å². The number of allylic oxidation sites excluding steroid dienone is 7. The Hall–Kier alpha value is -1.63. The molecule has 0 spiro atoms. The van der Waals surface area contributed by atoms with Crippen molar-refractivity contribution < 1.29 is 4.74 Å². The Kier molecular flexibility index (Phi) is 9.44. The van der Waals surface area contributed by atoms with Gasteiger partial charge in [0.05, 0.1) is 13.7 Å². The Morgan fingerprint density at radius 2 is 1.67 bits per heavy atom. The highest BCUT2D eigenvalue weighted by Crippen LogP contribution is 2.68. The van der Waals surface area contributed by atoms with Crippen LogP contribution in [0.2, 0.25) is 49.4 Å². The SMILES string of the molecule is Cc1ccc2c(c1)C1C(C3C=CC=CC3C1[Si](C)(CCCCCCOC(C)(C)C)C1CC(C[Si](C)(C)C)C3C=CCC=C31)N2C. The fourth-order valence-electron chi connectivity index (χ4n) is 10.8. The second-order valence-corrected chi connectivity index (χ2v) is 28.4. The Morgan fingerprint density at radius 3 is 2.40 bits per heavy atom. The molecule has 4 heteroatoms. The number of unbranched alkanes of at least 4 members (excludes halogenated alkanes) is 3. The van der Waals surface area contributed by atoms with Gasteiger partial charge in [0.15, 0.2) is 0 Å². The molecule has 9 atom stereocenters. The van der Waals surface area contributed by atoms with Crippen molar-refractivity contribution in [2.24, 2.45) is 23.7 Å². The van der Waals surface area contributed by atoms with Gasteiger partial charge in [0, 0.05) is 51.2 Å². The minimum absolute atomic E-state index is 0.0281. The van der Waals surface area contributed by atoms with Gasteiger partial charge in [-0.3, -0.25) is 0 Å². The van der Waals surface area contributed by atoms with Gasteiger partial charge in [-0.25, -0.2) is 0 Å². The molecule has 246 valence electrons. The van der Waals surface area contributed by atoms with Gasteiger partial charge in [0.25, 0.3) is 0 Å². The summed E-state index contributed by atoms with van der Waals surface area (Å²) in [5, 5.41) is 0. The van der Waals surface area contributed by atoms with E-state index in [4.69, 9.17) is 4.74 Å². The lowest BCUT2D eigenvalue weighted by Gasteiger charge is -2.46. The van der Waals surface area contributed by atoms with Crippen LogP contribution in [0.15, 0.2) is 66.3 Å². The summed E-state index contributed by atoms with van der Waals surface area (Å²) in [6.07, 6.45) is 25.8. The van der Waals surface area contributed by atoms with Gasteiger partial charge in [-0.15, -0.1) is 0 Å². The van der Waals surface area contributed by atoms with Crippen molar-refractivity contribution in [1.82, 2.24) is 0 Å². The Balaban J connectivity index is 1.36. The summed E-state index contributed by atoms with van der Waals surface area (Å²) in [7, 11) is -0.610. The zero-order valence-corrected chi connectivity index (χ0v) is 32.1. The summed E-state index contributed by atoms with van der Waals surface area (Å²) in [5.41, 5.74) is 8.08. The van der Waals surface area contributed by atoms with E-state index in [2.05, 4.69) is 127 Å². The van der Waals surface area contributed by atoms with E-state index in [9.17, 15) is 0 Å². The van der Waals surface area contributed by atoms with Crippen molar-refractivity contribution in [2.75, 3.05) is 18.6 Å². The van der Waals surface area contributed by atoms with E-state index in [1.54, 1.807) is 5.56 Å². The fourth-order valence-corrected chi connectivity index (χ4v) is 19.3. The van der Waals surface area contributed by atoms with Crippen LogP contribution in [0.4, 0.5) is 5.69 Å². The molecule has 0 amide bonds. The summed E-state index contributed by atoms with van der Waals surface area (Å²) >= 11 is 0. The molecule has 2 fully saturated rings. The molecule has 5 aliphatic rings.